The SMILES string of the molecule is NCC(CO)c1cc(F)c(F)cc1[N+](=O)[O-]. The number of nitrogens with zero attached hydrogens (tertiary/aromatic N) is 1. The highest BCUT2D eigenvalue weighted by molar-refractivity contribution is 5.43. The van der Waals surface area contributed by atoms with Crippen molar-refractivity contribution in [2.75, 3.05) is 13.2 Å². The number of aliphatic hydroxyl groups is 1. The summed E-state index contributed by atoms with van der Waals surface area (Å²) in [6.07, 6.45) is 0. The van der Waals surface area contributed by atoms with Crippen LogP contribution in [0, 0.1) is 21.7 Å². The Morgan fingerprint density at radius 2 is 2.00 bits per heavy atom. The Morgan fingerprint density at radius 3 is 2.44 bits per heavy atom. The third-order valence-corrected chi connectivity index (χ3v) is 2.21. The van der Waals surface area contributed by atoms with E-state index >= 15 is 0 Å². The van der Waals surface area contributed by atoms with Crippen molar-refractivity contribution in [2.45, 2.75) is 5.92 Å². The van der Waals surface area contributed by atoms with Crippen molar-refractivity contribution in [3.8, 4) is 0 Å². The highest BCUT2D eigenvalue weighted by atomic mass is 19.2. The molecule has 1 rings (SSSR count). The first kappa shape index (κ1) is 12.5. The fourth-order valence-electron chi connectivity index (χ4n) is 1.34. The third kappa shape index (κ3) is 2.31. The zero-order valence-electron chi connectivity index (χ0n) is 8.19. The van der Waals surface area contributed by atoms with Crippen molar-refractivity contribution in [1.29, 1.82) is 0 Å². The van der Waals surface area contributed by atoms with Crippen LogP contribution in [0.4, 0.5) is 14.5 Å². The van der Waals surface area contributed by atoms with Crippen molar-refractivity contribution in [2.24, 2.45) is 5.73 Å². The molecule has 0 aliphatic carbocycles. The first-order chi connectivity index (χ1) is 7.51. The van der Waals surface area contributed by atoms with Gasteiger partial charge < -0.3 is 10.8 Å². The minimum absolute atomic E-state index is 0.0948. The van der Waals surface area contributed by atoms with Gasteiger partial charge in [-0.15, -0.1) is 0 Å². The Kier molecular flexibility index (Phi) is 3.86. The van der Waals surface area contributed by atoms with Gasteiger partial charge in [0, 0.05) is 18.0 Å². The maximum Gasteiger partial charge on any atom is 0.276 e. The number of hydrogen-bond donors (Lipinski definition) is 2. The van der Waals surface area contributed by atoms with Crippen LogP contribution in [-0.2, 0) is 0 Å². The molecule has 1 aromatic carbocycles. The lowest BCUT2D eigenvalue weighted by Crippen LogP contribution is -2.18. The van der Waals surface area contributed by atoms with E-state index in [-0.39, 0.29) is 12.1 Å². The summed E-state index contributed by atoms with van der Waals surface area (Å²) in [6, 6.07) is 1.18. The Labute approximate surface area is 89.6 Å². The summed E-state index contributed by atoms with van der Waals surface area (Å²) in [5, 5.41) is 19.5. The van der Waals surface area contributed by atoms with Gasteiger partial charge in [-0.05, 0) is 6.07 Å². The molecule has 1 atom stereocenters. The minimum atomic E-state index is -1.30. The zero-order chi connectivity index (χ0) is 12.3. The lowest BCUT2D eigenvalue weighted by molar-refractivity contribution is -0.386. The predicted octanol–water partition coefficient (Wildman–Crippen LogP) is 0.908. The van der Waals surface area contributed by atoms with E-state index in [2.05, 4.69) is 0 Å². The second kappa shape index (κ2) is 4.95. The molecular weight excluding hydrogens is 222 g/mol. The maximum atomic E-state index is 12.9. The molecule has 0 saturated heterocycles. The van der Waals surface area contributed by atoms with Crippen LogP contribution in [0.1, 0.15) is 11.5 Å². The Morgan fingerprint density at radius 1 is 1.44 bits per heavy atom. The fourth-order valence-corrected chi connectivity index (χ4v) is 1.34. The third-order valence-electron chi connectivity index (χ3n) is 2.21. The molecule has 0 aromatic heterocycles. The van der Waals surface area contributed by atoms with Gasteiger partial charge in [0.15, 0.2) is 11.6 Å². The van der Waals surface area contributed by atoms with E-state index in [1.54, 1.807) is 0 Å². The molecule has 0 amide bonds. The summed E-state index contributed by atoms with van der Waals surface area (Å²) in [5.41, 5.74) is 4.59. The van der Waals surface area contributed by atoms with Crippen molar-refractivity contribution in [3.63, 3.8) is 0 Å². The number of benzene rings is 1. The quantitative estimate of drug-likeness (QED) is 0.596. The lowest BCUT2D eigenvalue weighted by Gasteiger charge is -2.12. The number of rotatable bonds is 4. The van der Waals surface area contributed by atoms with E-state index in [0.29, 0.717) is 12.1 Å². The molecule has 0 aliphatic rings. The van der Waals surface area contributed by atoms with Gasteiger partial charge in [-0.25, -0.2) is 8.78 Å². The van der Waals surface area contributed by atoms with Gasteiger partial charge in [-0.3, -0.25) is 10.1 Å². The van der Waals surface area contributed by atoms with Crippen LogP contribution in [0.2, 0.25) is 0 Å². The molecule has 7 heteroatoms. The summed E-state index contributed by atoms with van der Waals surface area (Å²) < 4.78 is 25.8. The summed E-state index contributed by atoms with van der Waals surface area (Å²) in [4.78, 5) is 9.78. The average Bonchev–Trinajstić information content (AvgIpc) is 2.24. The van der Waals surface area contributed by atoms with Crippen LogP contribution >= 0.6 is 0 Å². The molecule has 1 unspecified atom stereocenters. The van der Waals surface area contributed by atoms with Crippen LogP contribution in [0.15, 0.2) is 12.1 Å². The lowest BCUT2D eigenvalue weighted by atomic mass is 9.98. The maximum absolute atomic E-state index is 12.9. The standard InChI is InChI=1S/C9H10F2N2O3/c10-7-1-6(5(3-12)4-14)9(13(15)16)2-8(7)11/h1-2,5,14H,3-4,12H2. The fraction of sp³-hybridized carbons (Fsp3) is 0.333. The summed E-state index contributed by atoms with van der Waals surface area (Å²) in [5.74, 6) is -3.29. The smallest absolute Gasteiger partial charge is 0.276 e. The monoisotopic (exact) mass is 232 g/mol. The number of nitrogens with two attached hydrogens (primary N) is 1. The van der Waals surface area contributed by atoms with E-state index in [4.69, 9.17) is 10.8 Å². The van der Waals surface area contributed by atoms with Crippen molar-refractivity contribution in [3.05, 3.63) is 39.4 Å². The first-order valence-electron chi connectivity index (χ1n) is 4.45. The Hall–Kier alpha value is -1.60. The molecule has 0 spiro atoms. The van der Waals surface area contributed by atoms with Crippen molar-refractivity contribution >= 4 is 5.69 Å². The van der Waals surface area contributed by atoms with E-state index in [9.17, 15) is 18.9 Å². The van der Waals surface area contributed by atoms with Crippen molar-refractivity contribution < 1.29 is 18.8 Å². The minimum Gasteiger partial charge on any atom is -0.396 e. The number of hydrogen-bond acceptors (Lipinski definition) is 4. The number of halogens is 2. The molecule has 5 nitrogen and oxygen atoms in total. The molecule has 0 fully saturated rings. The molecule has 1 aromatic rings. The molecule has 88 valence electrons. The normalized spacial score (nSPS) is 12.5. The molecule has 3 N–H and O–H groups in total. The molecule has 0 aliphatic heterocycles. The molecule has 0 saturated carbocycles. The predicted molar refractivity (Wildman–Crippen MR) is 51.9 cm³/mol. The topological polar surface area (TPSA) is 89.4 Å². The largest absolute Gasteiger partial charge is 0.396 e. The van der Waals surface area contributed by atoms with Gasteiger partial charge in [-0.1, -0.05) is 0 Å². The first-order valence-corrected chi connectivity index (χ1v) is 4.45. The van der Waals surface area contributed by atoms with Crippen LogP contribution in [-0.4, -0.2) is 23.2 Å². The molecule has 0 radical (unpaired) electrons. The van der Waals surface area contributed by atoms with E-state index in [1.807, 2.05) is 0 Å². The second-order valence-electron chi connectivity index (χ2n) is 3.20. The number of nitro benzene ring substituents is 1. The van der Waals surface area contributed by atoms with Gasteiger partial charge in [0.05, 0.1) is 17.6 Å². The number of nitro groups is 1. The Balaban J connectivity index is 3.34. The summed E-state index contributed by atoms with van der Waals surface area (Å²) >= 11 is 0. The van der Waals surface area contributed by atoms with Crippen LogP contribution in [0.5, 0.6) is 0 Å². The zero-order valence-corrected chi connectivity index (χ0v) is 8.19. The summed E-state index contributed by atoms with van der Waals surface area (Å²) in [6.45, 7) is -0.565. The van der Waals surface area contributed by atoms with E-state index in [1.165, 1.54) is 0 Å². The van der Waals surface area contributed by atoms with E-state index < -0.39 is 34.8 Å². The highest BCUT2D eigenvalue weighted by Gasteiger charge is 2.23. The average molecular weight is 232 g/mol. The molecular formula is C9H10F2N2O3. The highest BCUT2D eigenvalue weighted by Crippen LogP contribution is 2.28. The van der Waals surface area contributed by atoms with Crippen LogP contribution in [0.25, 0.3) is 0 Å². The molecule has 0 heterocycles. The van der Waals surface area contributed by atoms with Crippen LogP contribution in [0.3, 0.4) is 0 Å². The number of aliphatic hydroxyl groups excluding tert-OH is 1. The van der Waals surface area contributed by atoms with Gasteiger partial charge in [-0.2, -0.15) is 0 Å². The van der Waals surface area contributed by atoms with Gasteiger partial charge >= 0.3 is 0 Å². The summed E-state index contributed by atoms with van der Waals surface area (Å²) in [7, 11) is 0. The van der Waals surface area contributed by atoms with Crippen molar-refractivity contribution in [1.82, 2.24) is 0 Å². The van der Waals surface area contributed by atoms with Gasteiger partial charge in [0.2, 0.25) is 0 Å². The molecule has 16 heavy (non-hydrogen) atoms. The van der Waals surface area contributed by atoms with Crippen LogP contribution < -0.4 is 5.73 Å². The van der Waals surface area contributed by atoms with Gasteiger partial charge in [0.25, 0.3) is 5.69 Å². The van der Waals surface area contributed by atoms with E-state index in [0.717, 1.165) is 0 Å². The second-order valence-corrected chi connectivity index (χ2v) is 3.20. The van der Waals surface area contributed by atoms with Gasteiger partial charge in [0.1, 0.15) is 0 Å². The molecule has 0 bridgehead atoms. The Bertz CT molecular complexity index is 408.